The lowest BCUT2D eigenvalue weighted by Crippen LogP contribution is -2.06. The number of hydrogen-bond donors (Lipinski definition) is 1. The SMILES string of the molecule is FC(F)(F)c1cccc(COCc2cccc(C(F)(F)F)c2)c1.OCc1cc(-c2ncccn2)c(Cl)cc1Cl. The Hall–Kier alpha value is -3.18. The van der Waals surface area contributed by atoms with Crippen LogP contribution in [0.4, 0.5) is 26.3 Å². The van der Waals surface area contributed by atoms with Crippen LogP contribution in [0.25, 0.3) is 11.4 Å². The zero-order valence-electron chi connectivity index (χ0n) is 19.9. The summed E-state index contributed by atoms with van der Waals surface area (Å²) >= 11 is 12.0. The minimum absolute atomic E-state index is 0.125. The van der Waals surface area contributed by atoms with Gasteiger partial charge < -0.3 is 9.84 Å². The highest BCUT2D eigenvalue weighted by Gasteiger charge is 2.31. The quantitative estimate of drug-likeness (QED) is 0.230. The lowest BCUT2D eigenvalue weighted by Gasteiger charge is -2.10. The maximum Gasteiger partial charge on any atom is 0.416 e. The van der Waals surface area contributed by atoms with Crippen molar-refractivity contribution < 1.29 is 36.2 Å². The predicted molar refractivity (Wildman–Crippen MR) is 135 cm³/mol. The molecule has 0 saturated carbocycles. The summed E-state index contributed by atoms with van der Waals surface area (Å²) in [4.78, 5) is 8.19. The lowest BCUT2D eigenvalue weighted by atomic mass is 10.1. The Morgan fingerprint density at radius 1 is 0.692 bits per heavy atom. The molecule has 0 aliphatic rings. The molecule has 4 rings (SSSR count). The van der Waals surface area contributed by atoms with E-state index in [2.05, 4.69) is 9.97 Å². The Labute approximate surface area is 229 Å². The molecule has 39 heavy (non-hydrogen) atoms. The topological polar surface area (TPSA) is 55.2 Å². The normalized spacial score (nSPS) is 11.6. The van der Waals surface area contributed by atoms with Crippen LogP contribution in [-0.4, -0.2) is 15.1 Å². The molecule has 0 aliphatic carbocycles. The number of nitrogens with zero attached hydrogens (tertiary/aromatic N) is 2. The number of ether oxygens (including phenoxy) is 1. The van der Waals surface area contributed by atoms with E-state index in [9.17, 15) is 26.3 Å². The molecule has 206 valence electrons. The fraction of sp³-hybridized carbons (Fsp3) is 0.185. The highest BCUT2D eigenvalue weighted by molar-refractivity contribution is 6.36. The van der Waals surface area contributed by atoms with Gasteiger partial charge in [0, 0.05) is 23.0 Å². The number of rotatable bonds is 6. The average molecular weight is 589 g/mol. The molecule has 12 heteroatoms. The summed E-state index contributed by atoms with van der Waals surface area (Å²) in [6, 6.07) is 14.2. The zero-order valence-corrected chi connectivity index (χ0v) is 21.4. The van der Waals surface area contributed by atoms with E-state index < -0.39 is 23.5 Å². The van der Waals surface area contributed by atoms with Crippen LogP contribution in [0.3, 0.4) is 0 Å². The van der Waals surface area contributed by atoms with Crippen LogP contribution < -0.4 is 0 Å². The summed E-state index contributed by atoms with van der Waals surface area (Å²) < 4.78 is 80.6. The molecular weight excluding hydrogens is 569 g/mol. The van der Waals surface area contributed by atoms with Crippen LogP contribution in [0.5, 0.6) is 0 Å². The van der Waals surface area contributed by atoms with Crippen molar-refractivity contribution in [3.05, 3.63) is 117 Å². The summed E-state index contributed by atoms with van der Waals surface area (Å²) in [6.45, 7) is -0.393. The molecule has 0 amide bonds. The summed E-state index contributed by atoms with van der Waals surface area (Å²) in [7, 11) is 0. The first-order chi connectivity index (χ1) is 18.4. The molecule has 0 unspecified atom stereocenters. The molecule has 1 N–H and O–H groups in total. The molecule has 3 aromatic carbocycles. The predicted octanol–water partition coefficient (Wildman–Crippen LogP) is 8.38. The molecule has 4 nitrogen and oxygen atoms in total. The number of alkyl halides is 6. The molecule has 0 fully saturated rings. The van der Waals surface area contributed by atoms with Crippen molar-refractivity contribution in [3.63, 3.8) is 0 Å². The van der Waals surface area contributed by atoms with E-state index in [1.54, 1.807) is 30.6 Å². The van der Waals surface area contributed by atoms with Crippen molar-refractivity contribution in [1.29, 1.82) is 0 Å². The van der Waals surface area contributed by atoms with Gasteiger partial charge in [0.25, 0.3) is 0 Å². The van der Waals surface area contributed by atoms with E-state index in [1.807, 2.05) is 0 Å². The highest BCUT2D eigenvalue weighted by atomic mass is 35.5. The molecule has 0 radical (unpaired) electrons. The number of benzene rings is 3. The van der Waals surface area contributed by atoms with Gasteiger partial charge in [-0.15, -0.1) is 0 Å². The van der Waals surface area contributed by atoms with Gasteiger partial charge in [0.2, 0.25) is 0 Å². The van der Waals surface area contributed by atoms with Crippen LogP contribution in [-0.2, 0) is 36.9 Å². The summed E-state index contributed by atoms with van der Waals surface area (Å²) in [5.74, 6) is 0.513. The second kappa shape index (κ2) is 13.3. The fourth-order valence-electron chi connectivity index (χ4n) is 3.29. The first-order valence-corrected chi connectivity index (χ1v) is 11.9. The van der Waals surface area contributed by atoms with Crippen molar-refractivity contribution in [2.45, 2.75) is 32.2 Å². The van der Waals surface area contributed by atoms with Crippen LogP contribution in [0, 0.1) is 0 Å². The molecule has 4 aromatic rings. The van der Waals surface area contributed by atoms with Crippen molar-refractivity contribution in [3.8, 4) is 11.4 Å². The Balaban J connectivity index is 0.000000230. The monoisotopic (exact) mass is 588 g/mol. The lowest BCUT2D eigenvalue weighted by molar-refractivity contribution is -0.138. The van der Waals surface area contributed by atoms with Crippen molar-refractivity contribution in [2.24, 2.45) is 0 Å². The molecule has 0 bridgehead atoms. The fourth-order valence-corrected chi connectivity index (χ4v) is 3.81. The first-order valence-electron chi connectivity index (χ1n) is 11.1. The second-order valence-corrected chi connectivity index (χ2v) is 8.86. The molecule has 0 atom stereocenters. The zero-order chi connectivity index (χ0) is 28.6. The number of hydrogen-bond acceptors (Lipinski definition) is 4. The maximum atomic E-state index is 12.6. The average Bonchev–Trinajstić information content (AvgIpc) is 2.89. The van der Waals surface area contributed by atoms with Crippen molar-refractivity contribution in [1.82, 2.24) is 9.97 Å². The third-order valence-electron chi connectivity index (χ3n) is 5.16. The van der Waals surface area contributed by atoms with Crippen LogP contribution >= 0.6 is 23.2 Å². The second-order valence-electron chi connectivity index (χ2n) is 8.04. The smallest absolute Gasteiger partial charge is 0.392 e. The molecule has 1 heterocycles. The number of halogens is 8. The molecule has 0 aliphatic heterocycles. The van der Waals surface area contributed by atoms with Crippen molar-refractivity contribution >= 4 is 23.2 Å². The Kier molecular flexibility index (Phi) is 10.3. The Bertz CT molecular complexity index is 1330. The van der Waals surface area contributed by atoms with Gasteiger partial charge in [-0.25, -0.2) is 9.97 Å². The van der Waals surface area contributed by atoms with Gasteiger partial charge in [0.15, 0.2) is 5.82 Å². The number of aliphatic hydroxyl groups excluding tert-OH is 1. The van der Waals surface area contributed by atoms with Gasteiger partial charge in [-0.05, 0) is 59.2 Å². The van der Waals surface area contributed by atoms with Crippen molar-refractivity contribution in [2.75, 3.05) is 0 Å². The van der Waals surface area contributed by atoms with E-state index in [0.29, 0.717) is 38.1 Å². The minimum Gasteiger partial charge on any atom is -0.392 e. The summed E-state index contributed by atoms with van der Waals surface area (Å²) in [5.41, 5.74) is 0.276. The van der Waals surface area contributed by atoms with Gasteiger partial charge in [-0.2, -0.15) is 26.3 Å². The number of aliphatic hydroxyl groups is 1. The first kappa shape index (κ1) is 30.4. The van der Waals surface area contributed by atoms with E-state index in [1.165, 1.54) is 24.3 Å². The highest BCUT2D eigenvalue weighted by Crippen LogP contribution is 2.32. The maximum absolute atomic E-state index is 12.6. The van der Waals surface area contributed by atoms with Gasteiger partial charge in [-0.3, -0.25) is 0 Å². The summed E-state index contributed by atoms with van der Waals surface area (Å²) in [5, 5.41) is 10.0. The molecule has 0 saturated heterocycles. The standard InChI is InChI=1S/C16H12F6O.C11H8Cl2N2O/c17-15(18,19)13-5-1-3-11(7-13)9-23-10-12-4-2-6-14(8-12)16(20,21)22;12-9-5-10(13)8(4-7(9)6-16)11-14-2-1-3-15-11/h1-8H,9-10H2;1-5,16H,6H2. The Morgan fingerprint density at radius 2 is 1.21 bits per heavy atom. The van der Waals surface area contributed by atoms with E-state index in [0.717, 1.165) is 24.3 Å². The number of aromatic nitrogens is 2. The van der Waals surface area contributed by atoms with Gasteiger partial charge >= 0.3 is 12.4 Å². The molecular formula is C27H20Cl2F6N2O2. The largest absolute Gasteiger partial charge is 0.416 e. The summed E-state index contributed by atoms with van der Waals surface area (Å²) in [6.07, 6.45) is -5.63. The molecule has 0 spiro atoms. The van der Waals surface area contributed by atoms with Crippen LogP contribution in [0.1, 0.15) is 27.8 Å². The van der Waals surface area contributed by atoms with E-state index in [4.69, 9.17) is 33.0 Å². The minimum atomic E-state index is -4.45. The van der Waals surface area contributed by atoms with Gasteiger partial charge in [0.05, 0.1) is 36.0 Å². The van der Waals surface area contributed by atoms with Crippen LogP contribution in [0.15, 0.2) is 79.1 Å². The third kappa shape index (κ3) is 8.93. The van der Waals surface area contributed by atoms with Gasteiger partial charge in [0.1, 0.15) is 0 Å². The Morgan fingerprint density at radius 3 is 1.67 bits per heavy atom. The third-order valence-corrected chi connectivity index (χ3v) is 5.82. The van der Waals surface area contributed by atoms with E-state index in [-0.39, 0.29) is 19.8 Å². The molecule has 1 aromatic heterocycles. The van der Waals surface area contributed by atoms with Gasteiger partial charge in [-0.1, -0.05) is 47.5 Å². The van der Waals surface area contributed by atoms with E-state index >= 15 is 0 Å². The van der Waals surface area contributed by atoms with Crippen LogP contribution in [0.2, 0.25) is 10.0 Å².